The Kier molecular flexibility index (Phi) is 3.63. The smallest absolute Gasteiger partial charge is 0.333 e. The van der Waals surface area contributed by atoms with E-state index < -0.39 is 5.97 Å². The zero-order valence-electron chi connectivity index (χ0n) is 13.3. The highest BCUT2D eigenvalue weighted by molar-refractivity contribution is 5.88. The van der Waals surface area contributed by atoms with E-state index in [9.17, 15) is 9.90 Å². The second-order valence-corrected chi connectivity index (χ2v) is 6.91. The van der Waals surface area contributed by atoms with E-state index in [4.69, 9.17) is 4.74 Å². The molecule has 4 rings (SSSR count). The van der Waals surface area contributed by atoms with E-state index in [1.165, 1.54) is 0 Å². The Hall–Kier alpha value is -1.97. The Labute approximate surface area is 131 Å². The molecule has 2 N–H and O–H groups in total. The first-order valence-electron chi connectivity index (χ1n) is 7.76. The minimum Gasteiger partial charge on any atom is -0.497 e. The molecule has 0 heterocycles. The van der Waals surface area contributed by atoms with E-state index >= 15 is 0 Å². The average molecular weight is 301 g/mol. The summed E-state index contributed by atoms with van der Waals surface area (Å²) in [4.78, 5) is 11.5. The zero-order valence-corrected chi connectivity index (χ0v) is 13.3. The van der Waals surface area contributed by atoms with Crippen molar-refractivity contribution in [2.75, 3.05) is 7.11 Å². The molecule has 0 amide bonds. The molecule has 0 spiro atoms. The highest BCUT2D eigenvalue weighted by Gasteiger charge is 2.54. The first kappa shape index (κ1) is 14.9. The van der Waals surface area contributed by atoms with Crippen molar-refractivity contribution in [2.45, 2.75) is 33.2 Å². The van der Waals surface area contributed by atoms with Crippen LogP contribution in [-0.4, -0.2) is 18.2 Å². The maximum absolute atomic E-state index is 11.5. The van der Waals surface area contributed by atoms with Crippen LogP contribution in [0.25, 0.3) is 0 Å². The summed E-state index contributed by atoms with van der Waals surface area (Å²) >= 11 is 0. The van der Waals surface area contributed by atoms with Crippen molar-refractivity contribution in [2.24, 2.45) is 17.3 Å². The van der Waals surface area contributed by atoms with Crippen molar-refractivity contribution < 1.29 is 14.6 Å². The number of benzene rings is 1. The monoisotopic (exact) mass is 301 g/mol. The van der Waals surface area contributed by atoms with Crippen molar-refractivity contribution in [3.05, 3.63) is 41.1 Å². The summed E-state index contributed by atoms with van der Waals surface area (Å²) in [5.41, 5.74) is 2.85. The molecule has 2 atom stereocenters. The van der Waals surface area contributed by atoms with Gasteiger partial charge in [-0.05, 0) is 41.9 Å². The Balaban J connectivity index is 1.77. The van der Waals surface area contributed by atoms with E-state index in [2.05, 4.69) is 19.2 Å². The Morgan fingerprint density at radius 2 is 2.05 bits per heavy atom. The lowest BCUT2D eigenvalue weighted by Crippen LogP contribution is -2.52. The van der Waals surface area contributed by atoms with Gasteiger partial charge in [0.05, 0.1) is 12.7 Å². The predicted molar refractivity (Wildman–Crippen MR) is 84.5 cm³/mol. The topological polar surface area (TPSA) is 58.6 Å². The summed E-state index contributed by atoms with van der Waals surface area (Å²) < 4.78 is 5.16. The number of hydrogen-bond donors (Lipinski definition) is 2. The van der Waals surface area contributed by atoms with Crippen LogP contribution in [0.4, 0.5) is 0 Å². The summed E-state index contributed by atoms with van der Waals surface area (Å²) in [6, 6.07) is 7.86. The van der Waals surface area contributed by atoms with Crippen LogP contribution in [0, 0.1) is 17.3 Å². The molecule has 0 unspecified atom stereocenters. The molecule has 118 valence electrons. The normalized spacial score (nSPS) is 25.4. The predicted octanol–water partition coefficient (Wildman–Crippen LogP) is 3.19. The van der Waals surface area contributed by atoms with Crippen LogP contribution in [0.1, 0.15) is 32.3 Å². The number of carboxylic acid groups (broad SMARTS) is 1. The van der Waals surface area contributed by atoms with E-state index in [1.54, 1.807) is 7.11 Å². The summed E-state index contributed by atoms with van der Waals surface area (Å²) in [7, 11) is 1.65. The minimum absolute atomic E-state index is 0.210. The van der Waals surface area contributed by atoms with E-state index in [0.29, 0.717) is 30.4 Å². The van der Waals surface area contributed by atoms with E-state index in [-0.39, 0.29) is 5.41 Å². The molecule has 3 aliphatic carbocycles. The molecular weight excluding hydrogens is 278 g/mol. The van der Waals surface area contributed by atoms with Crippen LogP contribution in [0.3, 0.4) is 0 Å². The molecule has 0 aromatic heterocycles. The first-order chi connectivity index (χ1) is 10.4. The molecule has 1 aromatic carbocycles. The lowest BCUT2D eigenvalue weighted by atomic mass is 9.48. The number of carboxylic acids is 1. The lowest BCUT2D eigenvalue weighted by molar-refractivity contribution is -0.134. The molecule has 4 nitrogen and oxygen atoms in total. The summed E-state index contributed by atoms with van der Waals surface area (Å²) in [5, 5.41) is 12.9. The number of allylic oxidation sites excluding steroid dienone is 1. The van der Waals surface area contributed by atoms with Crippen LogP contribution < -0.4 is 10.1 Å². The minimum atomic E-state index is -0.776. The maximum atomic E-state index is 11.5. The van der Waals surface area contributed by atoms with Crippen molar-refractivity contribution in [1.29, 1.82) is 0 Å². The van der Waals surface area contributed by atoms with Gasteiger partial charge >= 0.3 is 5.97 Å². The third kappa shape index (κ3) is 2.36. The van der Waals surface area contributed by atoms with Gasteiger partial charge in [-0.25, -0.2) is 4.79 Å². The summed E-state index contributed by atoms with van der Waals surface area (Å²) in [5.74, 6) is 0.906. The first-order valence-corrected chi connectivity index (χ1v) is 7.76. The molecule has 2 bridgehead atoms. The van der Waals surface area contributed by atoms with Crippen LogP contribution in [0.5, 0.6) is 5.75 Å². The van der Waals surface area contributed by atoms with Gasteiger partial charge < -0.3 is 15.2 Å². The second-order valence-electron chi connectivity index (χ2n) is 6.91. The molecule has 1 fully saturated rings. The fourth-order valence-corrected chi connectivity index (χ4v) is 3.79. The number of hydrogen-bond acceptors (Lipinski definition) is 3. The molecule has 0 aliphatic heterocycles. The molecule has 1 aromatic rings. The molecule has 0 saturated heterocycles. The number of methoxy groups -OCH3 is 1. The maximum Gasteiger partial charge on any atom is 0.333 e. The van der Waals surface area contributed by atoms with Crippen LogP contribution in [0.2, 0.25) is 0 Å². The molecule has 3 aliphatic rings. The Bertz CT molecular complexity index is 616. The quantitative estimate of drug-likeness (QED) is 0.877. The van der Waals surface area contributed by atoms with Crippen LogP contribution in [-0.2, 0) is 11.3 Å². The summed E-state index contributed by atoms with van der Waals surface area (Å²) in [6.07, 6.45) is 1.79. The van der Waals surface area contributed by atoms with Gasteiger partial charge in [0.1, 0.15) is 5.75 Å². The van der Waals surface area contributed by atoms with Crippen LogP contribution >= 0.6 is 0 Å². The highest BCUT2D eigenvalue weighted by atomic mass is 16.5. The SMILES string of the molecule is COc1ccc(CNC2=C(C(=O)O)C[C@H]3C[C@@H]2C3(C)C)cc1. The zero-order chi connectivity index (χ0) is 15.9. The fourth-order valence-electron chi connectivity index (χ4n) is 3.79. The van der Waals surface area contributed by atoms with E-state index in [0.717, 1.165) is 23.4 Å². The van der Waals surface area contributed by atoms with Gasteiger partial charge in [-0.3, -0.25) is 0 Å². The lowest BCUT2D eigenvalue weighted by Gasteiger charge is -2.57. The molecule has 0 radical (unpaired) electrons. The van der Waals surface area contributed by atoms with Crippen molar-refractivity contribution >= 4 is 5.97 Å². The highest BCUT2D eigenvalue weighted by Crippen LogP contribution is 2.60. The van der Waals surface area contributed by atoms with Crippen molar-refractivity contribution in [3.8, 4) is 5.75 Å². The molecule has 22 heavy (non-hydrogen) atoms. The van der Waals surface area contributed by atoms with Gasteiger partial charge in [0.15, 0.2) is 0 Å². The summed E-state index contributed by atoms with van der Waals surface area (Å²) in [6.45, 7) is 5.15. The van der Waals surface area contributed by atoms with Crippen LogP contribution in [0.15, 0.2) is 35.5 Å². The number of nitrogens with one attached hydrogen (secondary N) is 1. The van der Waals surface area contributed by atoms with Crippen molar-refractivity contribution in [3.63, 3.8) is 0 Å². The van der Waals surface area contributed by atoms with Gasteiger partial charge in [0, 0.05) is 18.2 Å². The molecular formula is C18H23NO3. The molecule has 1 saturated carbocycles. The van der Waals surface area contributed by atoms with Gasteiger partial charge in [0.25, 0.3) is 0 Å². The number of carbonyl (C=O) groups is 1. The average Bonchev–Trinajstić information content (AvgIpc) is 2.52. The van der Waals surface area contributed by atoms with E-state index in [1.807, 2.05) is 24.3 Å². The third-order valence-electron chi connectivity index (χ3n) is 5.49. The van der Waals surface area contributed by atoms with Gasteiger partial charge in [-0.15, -0.1) is 0 Å². The Morgan fingerprint density at radius 3 is 2.59 bits per heavy atom. The van der Waals surface area contributed by atoms with Gasteiger partial charge in [-0.2, -0.15) is 0 Å². The second kappa shape index (κ2) is 5.34. The number of ether oxygens (including phenoxy) is 1. The standard InChI is InChI=1S/C18H23NO3/c1-18(2)12-8-14(17(20)21)16(15(18)9-12)19-10-11-4-6-13(22-3)7-5-11/h4-7,12,15,19H,8-10H2,1-3H3,(H,20,21)/t12-,15-/m0/s1. The van der Waals surface area contributed by atoms with Gasteiger partial charge in [0.2, 0.25) is 0 Å². The Morgan fingerprint density at radius 1 is 1.36 bits per heavy atom. The van der Waals surface area contributed by atoms with Crippen molar-refractivity contribution in [1.82, 2.24) is 5.32 Å². The number of fused-ring (bicyclic) bond motifs is 1. The van der Waals surface area contributed by atoms with Gasteiger partial charge in [-0.1, -0.05) is 26.0 Å². The number of rotatable bonds is 5. The fraction of sp³-hybridized carbons (Fsp3) is 0.500. The molecule has 4 heteroatoms. The largest absolute Gasteiger partial charge is 0.497 e. The number of aliphatic carboxylic acids is 1. The third-order valence-corrected chi connectivity index (χ3v) is 5.49.